The van der Waals surface area contributed by atoms with Crippen LogP contribution >= 0.6 is 0 Å². The van der Waals surface area contributed by atoms with Crippen molar-refractivity contribution in [3.8, 4) is 0 Å². The summed E-state index contributed by atoms with van der Waals surface area (Å²) in [6, 6.07) is 6.22. The van der Waals surface area contributed by atoms with Crippen molar-refractivity contribution < 1.29 is 9.15 Å². The molecule has 2 N–H and O–H groups in total. The third-order valence-electron chi connectivity index (χ3n) is 3.56. The second-order valence-corrected chi connectivity index (χ2v) is 4.70. The Bertz CT molecular complexity index is 517. The van der Waals surface area contributed by atoms with E-state index in [1.165, 1.54) is 12.0 Å². The van der Waals surface area contributed by atoms with E-state index in [2.05, 4.69) is 17.1 Å². The number of nitrogens with zero attached hydrogens (tertiary/aromatic N) is 1. The van der Waals surface area contributed by atoms with Crippen molar-refractivity contribution in [2.24, 2.45) is 5.73 Å². The summed E-state index contributed by atoms with van der Waals surface area (Å²) in [5, 5.41) is 0. The highest BCUT2D eigenvalue weighted by Crippen LogP contribution is 2.37. The molecule has 17 heavy (non-hydrogen) atoms. The summed E-state index contributed by atoms with van der Waals surface area (Å²) in [5.74, 6) is 0. The number of aromatic nitrogens is 1. The van der Waals surface area contributed by atoms with E-state index in [0.717, 1.165) is 43.7 Å². The predicted molar refractivity (Wildman–Crippen MR) is 64.8 cm³/mol. The van der Waals surface area contributed by atoms with Crippen molar-refractivity contribution >= 4 is 11.1 Å². The van der Waals surface area contributed by atoms with Gasteiger partial charge in [0.1, 0.15) is 5.52 Å². The lowest BCUT2D eigenvalue weighted by molar-refractivity contribution is -0.0648. The number of hydrogen-bond acceptors (Lipinski definition) is 4. The van der Waals surface area contributed by atoms with Crippen LogP contribution in [0.15, 0.2) is 29.0 Å². The smallest absolute Gasteiger partial charge is 0.181 e. The minimum Gasteiger partial charge on any atom is -0.443 e. The van der Waals surface area contributed by atoms with Crippen molar-refractivity contribution in [1.82, 2.24) is 4.98 Å². The molecule has 4 heteroatoms. The average Bonchev–Trinajstić information content (AvgIpc) is 2.75. The van der Waals surface area contributed by atoms with E-state index in [0.29, 0.717) is 0 Å². The van der Waals surface area contributed by atoms with Gasteiger partial charge in [-0.15, -0.1) is 0 Å². The van der Waals surface area contributed by atoms with Crippen molar-refractivity contribution in [3.63, 3.8) is 0 Å². The van der Waals surface area contributed by atoms with Gasteiger partial charge in [0, 0.05) is 5.41 Å². The molecule has 0 atom stereocenters. The molecule has 2 heterocycles. The zero-order valence-corrected chi connectivity index (χ0v) is 9.69. The molecule has 1 aliphatic heterocycles. The maximum absolute atomic E-state index is 5.60. The van der Waals surface area contributed by atoms with Crippen LogP contribution in [0.2, 0.25) is 0 Å². The summed E-state index contributed by atoms with van der Waals surface area (Å²) < 4.78 is 10.7. The van der Waals surface area contributed by atoms with Gasteiger partial charge in [0.15, 0.2) is 12.0 Å². The van der Waals surface area contributed by atoms with Crippen LogP contribution in [-0.2, 0) is 10.2 Å². The Hall–Kier alpha value is -1.39. The lowest BCUT2D eigenvalue weighted by Gasteiger charge is -2.42. The van der Waals surface area contributed by atoms with Crippen molar-refractivity contribution in [1.29, 1.82) is 0 Å². The van der Waals surface area contributed by atoms with Crippen molar-refractivity contribution in [3.05, 3.63) is 30.2 Å². The van der Waals surface area contributed by atoms with Crippen LogP contribution in [-0.4, -0.2) is 24.7 Å². The average molecular weight is 232 g/mol. The summed E-state index contributed by atoms with van der Waals surface area (Å²) >= 11 is 0. The molecule has 1 aromatic heterocycles. The molecule has 3 rings (SSSR count). The van der Waals surface area contributed by atoms with Crippen molar-refractivity contribution in [2.45, 2.75) is 18.3 Å². The van der Waals surface area contributed by atoms with Crippen LogP contribution in [0.5, 0.6) is 0 Å². The maximum atomic E-state index is 5.60. The van der Waals surface area contributed by atoms with Crippen LogP contribution in [0, 0.1) is 0 Å². The summed E-state index contributed by atoms with van der Waals surface area (Å²) in [6.45, 7) is 2.30. The Kier molecular flexibility index (Phi) is 2.61. The van der Waals surface area contributed by atoms with Crippen LogP contribution in [0.3, 0.4) is 0 Å². The van der Waals surface area contributed by atoms with Gasteiger partial charge in [-0.2, -0.15) is 0 Å². The third-order valence-corrected chi connectivity index (χ3v) is 3.56. The summed E-state index contributed by atoms with van der Waals surface area (Å²) in [5.41, 5.74) is 8.77. The van der Waals surface area contributed by atoms with Crippen LogP contribution in [0.25, 0.3) is 11.1 Å². The molecular weight excluding hydrogens is 216 g/mol. The normalized spacial score (nSPS) is 18.2. The maximum Gasteiger partial charge on any atom is 0.181 e. The Morgan fingerprint density at radius 1 is 1.35 bits per heavy atom. The van der Waals surface area contributed by atoms with E-state index in [1.54, 1.807) is 0 Å². The largest absolute Gasteiger partial charge is 0.443 e. The van der Waals surface area contributed by atoms with Gasteiger partial charge in [0.05, 0.1) is 13.2 Å². The van der Waals surface area contributed by atoms with Crippen LogP contribution in [0.4, 0.5) is 0 Å². The van der Waals surface area contributed by atoms with Gasteiger partial charge in [-0.3, -0.25) is 0 Å². The highest BCUT2D eigenvalue weighted by molar-refractivity contribution is 5.73. The van der Waals surface area contributed by atoms with Crippen molar-refractivity contribution in [2.75, 3.05) is 19.8 Å². The van der Waals surface area contributed by atoms with Gasteiger partial charge in [0.25, 0.3) is 0 Å². The fraction of sp³-hybridized carbons (Fsp3) is 0.462. The van der Waals surface area contributed by atoms with E-state index >= 15 is 0 Å². The molecule has 0 unspecified atom stereocenters. The molecular formula is C13H16N2O2. The predicted octanol–water partition coefficient (Wildman–Crippen LogP) is 1.83. The number of benzene rings is 1. The second-order valence-electron chi connectivity index (χ2n) is 4.70. The summed E-state index contributed by atoms with van der Waals surface area (Å²) in [6.07, 6.45) is 3.58. The molecule has 1 aromatic carbocycles. The molecule has 2 aromatic rings. The minimum absolute atomic E-state index is 0.139. The van der Waals surface area contributed by atoms with E-state index in [9.17, 15) is 0 Å². The van der Waals surface area contributed by atoms with Crippen LogP contribution in [0.1, 0.15) is 18.4 Å². The molecule has 0 aliphatic carbocycles. The first-order valence-corrected chi connectivity index (χ1v) is 5.96. The summed E-state index contributed by atoms with van der Waals surface area (Å²) in [4.78, 5) is 4.13. The van der Waals surface area contributed by atoms with Gasteiger partial charge >= 0.3 is 0 Å². The number of rotatable bonds is 4. The number of ether oxygens (including phenoxy) is 1. The molecule has 0 spiro atoms. The first kappa shape index (κ1) is 10.7. The number of fused-ring (bicyclic) bond motifs is 1. The molecule has 1 saturated heterocycles. The molecule has 4 nitrogen and oxygen atoms in total. The fourth-order valence-corrected chi connectivity index (χ4v) is 2.43. The minimum atomic E-state index is 0.139. The fourth-order valence-electron chi connectivity index (χ4n) is 2.43. The first-order chi connectivity index (χ1) is 8.34. The number of hydrogen-bond donors (Lipinski definition) is 1. The number of nitrogens with two attached hydrogens (primary N) is 1. The molecule has 0 radical (unpaired) electrons. The van der Waals surface area contributed by atoms with Gasteiger partial charge in [-0.05, 0) is 37.1 Å². The van der Waals surface area contributed by atoms with E-state index in [1.807, 2.05) is 6.07 Å². The SMILES string of the molecule is NCCCC1(c2ccc3ncoc3c2)COC1. The van der Waals surface area contributed by atoms with Gasteiger partial charge in [-0.1, -0.05) is 6.07 Å². The zero-order valence-electron chi connectivity index (χ0n) is 9.69. The lowest BCUT2D eigenvalue weighted by atomic mass is 9.75. The Morgan fingerprint density at radius 3 is 2.94 bits per heavy atom. The van der Waals surface area contributed by atoms with E-state index < -0.39 is 0 Å². The van der Waals surface area contributed by atoms with Gasteiger partial charge in [-0.25, -0.2) is 4.98 Å². The van der Waals surface area contributed by atoms with E-state index in [4.69, 9.17) is 14.9 Å². The lowest BCUT2D eigenvalue weighted by Crippen LogP contribution is -2.46. The second kappa shape index (κ2) is 4.13. The highest BCUT2D eigenvalue weighted by atomic mass is 16.5. The van der Waals surface area contributed by atoms with Gasteiger partial charge < -0.3 is 14.9 Å². The zero-order chi connectivity index (χ0) is 11.7. The molecule has 0 saturated carbocycles. The van der Waals surface area contributed by atoms with Crippen LogP contribution < -0.4 is 5.73 Å². The third kappa shape index (κ3) is 1.73. The molecule has 1 fully saturated rings. The summed E-state index contributed by atoms with van der Waals surface area (Å²) in [7, 11) is 0. The molecule has 0 amide bonds. The highest BCUT2D eigenvalue weighted by Gasteiger charge is 2.39. The number of oxazole rings is 1. The Balaban J connectivity index is 1.94. The van der Waals surface area contributed by atoms with Gasteiger partial charge in [0.2, 0.25) is 0 Å². The van der Waals surface area contributed by atoms with E-state index in [-0.39, 0.29) is 5.41 Å². The Labute approximate surface area is 99.8 Å². The first-order valence-electron chi connectivity index (χ1n) is 5.96. The topological polar surface area (TPSA) is 61.3 Å². The molecule has 0 bridgehead atoms. The molecule has 90 valence electrons. The Morgan fingerprint density at radius 2 is 2.24 bits per heavy atom. The quantitative estimate of drug-likeness (QED) is 0.873. The monoisotopic (exact) mass is 232 g/mol. The standard InChI is InChI=1S/C13H16N2O2/c14-5-1-4-13(7-16-8-13)10-2-3-11-12(6-10)17-9-15-11/h2-3,6,9H,1,4-5,7-8,14H2. The molecule has 1 aliphatic rings.